The number of nitrogens with two attached hydrogens (primary N) is 1. The van der Waals surface area contributed by atoms with Crippen LogP contribution >= 0.6 is 0 Å². The Kier molecular flexibility index (Phi) is 2.44. The Morgan fingerprint density at radius 2 is 1.44 bits per heavy atom. The van der Waals surface area contributed by atoms with Crippen LogP contribution in [0.5, 0.6) is 0 Å². The van der Waals surface area contributed by atoms with Gasteiger partial charge in [-0.2, -0.15) is 0 Å². The highest BCUT2D eigenvalue weighted by molar-refractivity contribution is 5.18. The van der Waals surface area contributed by atoms with Crippen LogP contribution in [-0.4, -0.2) is 5.54 Å². The van der Waals surface area contributed by atoms with Crippen LogP contribution in [0.15, 0.2) is 11.1 Å². The summed E-state index contributed by atoms with van der Waals surface area (Å²) in [4.78, 5) is 0. The molecule has 0 unspecified atom stereocenters. The van der Waals surface area contributed by atoms with Gasteiger partial charge in [-0.25, -0.2) is 0 Å². The third kappa shape index (κ3) is 2.66. The van der Waals surface area contributed by atoms with Gasteiger partial charge >= 0.3 is 0 Å². The van der Waals surface area contributed by atoms with E-state index < -0.39 is 0 Å². The molecule has 1 heteroatoms. The molecule has 0 fully saturated rings. The van der Waals surface area contributed by atoms with E-state index in [4.69, 9.17) is 5.73 Å². The van der Waals surface area contributed by atoms with Crippen LogP contribution in [-0.2, 0) is 0 Å². The van der Waals surface area contributed by atoms with Crippen molar-refractivity contribution in [2.75, 3.05) is 0 Å². The number of hydrogen-bond acceptors (Lipinski definition) is 1. The average Bonchev–Trinajstić information content (AvgIpc) is 1.62. The van der Waals surface area contributed by atoms with Crippen LogP contribution in [0.25, 0.3) is 0 Å². The second kappa shape index (κ2) is 2.53. The van der Waals surface area contributed by atoms with Gasteiger partial charge in [0.2, 0.25) is 0 Å². The topological polar surface area (TPSA) is 26.0 Å². The summed E-state index contributed by atoms with van der Waals surface area (Å²) in [6.07, 6.45) is 0. The van der Waals surface area contributed by atoms with Crippen molar-refractivity contribution >= 4 is 0 Å². The Labute approximate surface area is 57.9 Å². The lowest BCUT2D eigenvalue weighted by atomic mass is 9.93. The lowest BCUT2D eigenvalue weighted by Crippen LogP contribution is -2.33. The van der Waals surface area contributed by atoms with E-state index in [-0.39, 0.29) is 5.54 Å². The fraction of sp³-hybridized carbons (Fsp3) is 0.750. The van der Waals surface area contributed by atoms with Crippen LogP contribution in [0.1, 0.15) is 34.6 Å². The molecule has 2 N–H and O–H groups in total. The summed E-state index contributed by atoms with van der Waals surface area (Å²) in [5.74, 6) is 0. The van der Waals surface area contributed by atoms with Crippen molar-refractivity contribution in [3.63, 3.8) is 0 Å². The summed E-state index contributed by atoms with van der Waals surface area (Å²) in [7, 11) is 0. The molecule has 0 amide bonds. The van der Waals surface area contributed by atoms with Crippen LogP contribution < -0.4 is 5.73 Å². The summed E-state index contributed by atoms with van der Waals surface area (Å²) < 4.78 is 0. The zero-order valence-electron chi connectivity index (χ0n) is 7.08. The third-order valence-electron chi connectivity index (χ3n) is 1.72. The Morgan fingerprint density at radius 1 is 1.11 bits per heavy atom. The predicted octanol–water partition coefficient (Wildman–Crippen LogP) is 2.08. The minimum absolute atomic E-state index is 0.140. The van der Waals surface area contributed by atoms with E-state index in [1.54, 1.807) is 0 Å². The largest absolute Gasteiger partial charge is 0.322 e. The molecule has 0 saturated heterocycles. The van der Waals surface area contributed by atoms with E-state index >= 15 is 0 Å². The first kappa shape index (κ1) is 8.70. The van der Waals surface area contributed by atoms with Crippen LogP contribution in [0.3, 0.4) is 0 Å². The quantitative estimate of drug-likeness (QED) is 0.536. The first-order valence-corrected chi connectivity index (χ1v) is 3.29. The fourth-order valence-corrected chi connectivity index (χ4v) is 0.644. The van der Waals surface area contributed by atoms with E-state index in [1.807, 2.05) is 13.8 Å². The molecule has 0 spiro atoms. The third-order valence-corrected chi connectivity index (χ3v) is 1.72. The van der Waals surface area contributed by atoms with E-state index in [2.05, 4.69) is 20.8 Å². The maximum atomic E-state index is 5.82. The molecule has 0 saturated carbocycles. The SMILES string of the molecule is CC(C)=C(C)C(C)(C)N. The monoisotopic (exact) mass is 127 g/mol. The maximum absolute atomic E-state index is 5.82. The summed E-state index contributed by atoms with van der Waals surface area (Å²) >= 11 is 0. The number of hydrogen-bond donors (Lipinski definition) is 1. The smallest absolute Gasteiger partial charge is 0.0311 e. The predicted molar refractivity (Wildman–Crippen MR) is 42.3 cm³/mol. The molecule has 0 aromatic carbocycles. The van der Waals surface area contributed by atoms with Gasteiger partial charge in [-0.3, -0.25) is 0 Å². The molecule has 0 atom stereocenters. The molecule has 0 heterocycles. The standard InChI is InChI=1S/C8H17N/c1-6(2)7(3)8(4,5)9/h9H2,1-5H3. The molecule has 0 aliphatic carbocycles. The highest BCUT2D eigenvalue weighted by atomic mass is 14.7. The van der Waals surface area contributed by atoms with Crippen molar-refractivity contribution in [1.29, 1.82) is 0 Å². The van der Waals surface area contributed by atoms with Crippen LogP contribution in [0.2, 0.25) is 0 Å². The summed E-state index contributed by atoms with van der Waals surface area (Å²) in [6, 6.07) is 0. The van der Waals surface area contributed by atoms with E-state index in [0.29, 0.717) is 0 Å². The lowest BCUT2D eigenvalue weighted by Gasteiger charge is -2.21. The van der Waals surface area contributed by atoms with Crippen molar-refractivity contribution < 1.29 is 0 Å². The van der Waals surface area contributed by atoms with Gasteiger partial charge in [0.15, 0.2) is 0 Å². The molecule has 9 heavy (non-hydrogen) atoms. The Morgan fingerprint density at radius 3 is 1.44 bits per heavy atom. The second-order valence-electron chi connectivity index (χ2n) is 3.35. The normalized spacial score (nSPS) is 11.3. The van der Waals surface area contributed by atoms with Crippen molar-refractivity contribution in [2.45, 2.75) is 40.2 Å². The zero-order chi connectivity index (χ0) is 7.65. The molecular formula is C8H17N. The lowest BCUT2D eigenvalue weighted by molar-refractivity contribution is 0.604. The second-order valence-corrected chi connectivity index (χ2v) is 3.35. The zero-order valence-corrected chi connectivity index (χ0v) is 7.08. The van der Waals surface area contributed by atoms with Crippen molar-refractivity contribution in [2.24, 2.45) is 5.73 Å². The van der Waals surface area contributed by atoms with Gasteiger partial charge in [0.05, 0.1) is 0 Å². The molecule has 0 aromatic rings. The highest BCUT2D eigenvalue weighted by Crippen LogP contribution is 2.14. The van der Waals surface area contributed by atoms with Crippen molar-refractivity contribution in [1.82, 2.24) is 0 Å². The molecular weight excluding hydrogens is 110 g/mol. The molecule has 54 valence electrons. The van der Waals surface area contributed by atoms with E-state index in [9.17, 15) is 0 Å². The summed E-state index contributed by atoms with van der Waals surface area (Å²) in [5, 5.41) is 0. The molecule has 0 aliphatic heterocycles. The van der Waals surface area contributed by atoms with Gasteiger partial charge < -0.3 is 5.73 Å². The van der Waals surface area contributed by atoms with Gasteiger partial charge in [-0.05, 0) is 34.6 Å². The van der Waals surface area contributed by atoms with Gasteiger partial charge in [0.25, 0.3) is 0 Å². The average molecular weight is 127 g/mol. The minimum Gasteiger partial charge on any atom is -0.322 e. The first-order valence-electron chi connectivity index (χ1n) is 3.29. The highest BCUT2D eigenvalue weighted by Gasteiger charge is 2.12. The molecule has 1 nitrogen and oxygen atoms in total. The summed E-state index contributed by atoms with van der Waals surface area (Å²) in [6.45, 7) is 10.3. The van der Waals surface area contributed by atoms with Gasteiger partial charge in [-0.15, -0.1) is 0 Å². The molecule has 0 rings (SSSR count). The Hall–Kier alpha value is -0.300. The molecule has 0 aromatic heterocycles. The molecule has 0 radical (unpaired) electrons. The maximum Gasteiger partial charge on any atom is 0.0311 e. The van der Waals surface area contributed by atoms with Crippen LogP contribution in [0.4, 0.5) is 0 Å². The van der Waals surface area contributed by atoms with Gasteiger partial charge in [0.1, 0.15) is 0 Å². The molecule has 0 bridgehead atoms. The fourth-order valence-electron chi connectivity index (χ4n) is 0.644. The van der Waals surface area contributed by atoms with Crippen molar-refractivity contribution in [3.8, 4) is 0 Å². The van der Waals surface area contributed by atoms with Crippen LogP contribution in [0, 0.1) is 0 Å². The van der Waals surface area contributed by atoms with E-state index in [0.717, 1.165) is 0 Å². The number of rotatable bonds is 1. The van der Waals surface area contributed by atoms with Crippen molar-refractivity contribution in [3.05, 3.63) is 11.1 Å². The van der Waals surface area contributed by atoms with E-state index in [1.165, 1.54) is 11.1 Å². The Balaban J connectivity index is 4.40. The first-order chi connectivity index (χ1) is 3.85. The van der Waals surface area contributed by atoms with Gasteiger partial charge in [0, 0.05) is 5.54 Å². The number of allylic oxidation sites excluding steroid dienone is 1. The summed E-state index contributed by atoms with van der Waals surface area (Å²) in [5.41, 5.74) is 8.28. The minimum atomic E-state index is -0.140. The molecule has 0 aliphatic rings. The van der Waals surface area contributed by atoms with Gasteiger partial charge in [-0.1, -0.05) is 11.1 Å². The Bertz CT molecular complexity index is 122.